The van der Waals surface area contributed by atoms with Gasteiger partial charge in [0.15, 0.2) is 5.96 Å². The zero-order valence-electron chi connectivity index (χ0n) is 13.8. The average Bonchev–Trinajstić information content (AvgIpc) is 3.28. The molecule has 1 heterocycles. The molecule has 0 atom stereocenters. The molecule has 1 aliphatic carbocycles. The molecule has 1 aliphatic rings. The first kappa shape index (κ1) is 17.2. The van der Waals surface area contributed by atoms with Crippen molar-refractivity contribution >= 4 is 17.3 Å². The molecule has 0 saturated heterocycles. The highest BCUT2D eigenvalue weighted by Gasteiger charge is 2.28. The smallest absolute Gasteiger partial charge is 0.191 e. The minimum absolute atomic E-state index is 0.716. The van der Waals surface area contributed by atoms with E-state index in [-0.39, 0.29) is 0 Å². The lowest BCUT2D eigenvalue weighted by molar-refractivity contribution is 0.144. The first-order valence-corrected chi connectivity index (χ1v) is 8.63. The van der Waals surface area contributed by atoms with E-state index < -0.39 is 0 Å². The van der Waals surface area contributed by atoms with Crippen LogP contribution in [0.25, 0.3) is 0 Å². The minimum atomic E-state index is 0.716. The van der Waals surface area contributed by atoms with Crippen molar-refractivity contribution in [3.8, 4) is 0 Å². The third-order valence-electron chi connectivity index (χ3n) is 3.64. The number of nitrogens with zero attached hydrogens (tertiary/aromatic N) is 3. The summed E-state index contributed by atoms with van der Waals surface area (Å²) < 4.78 is 5.18. The topological polar surface area (TPSA) is 61.8 Å². The van der Waals surface area contributed by atoms with E-state index in [9.17, 15) is 0 Å². The Hall–Kier alpha value is -1.18. The number of rotatable bonds is 9. The van der Waals surface area contributed by atoms with Crippen LogP contribution in [0.5, 0.6) is 0 Å². The lowest BCUT2D eigenvalue weighted by Gasteiger charge is -2.22. The lowest BCUT2D eigenvalue weighted by atomic mass is 10.4. The number of hydrogen-bond donors (Lipinski definition) is 2. The summed E-state index contributed by atoms with van der Waals surface area (Å²) in [5, 5.41) is 7.76. The predicted molar refractivity (Wildman–Crippen MR) is 91.5 cm³/mol. The van der Waals surface area contributed by atoms with Gasteiger partial charge >= 0.3 is 0 Å². The molecule has 7 heteroatoms. The quantitative estimate of drug-likeness (QED) is 0.528. The van der Waals surface area contributed by atoms with E-state index in [0.29, 0.717) is 6.54 Å². The van der Waals surface area contributed by atoms with Gasteiger partial charge in [0, 0.05) is 50.9 Å². The van der Waals surface area contributed by atoms with Crippen LogP contribution in [0.2, 0.25) is 0 Å². The molecular formula is C15H27N5OS. The van der Waals surface area contributed by atoms with E-state index in [0.717, 1.165) is 43.3 Å². The van der Waals surface area contributed by atoms with Crippen LogP contribution in [-0.2, 0) is 11.3 Å². The Kier molecular flexibility index (Phi) is 7.08. The van der Waals surface area contributed by atoms with Crippen LogP contribution in [-0.4, -0.2) is 62.3 Å². The monoisotopic (exact) mass is 325 g/mol. The molecular weight excluding hydrogens is 298 g/mol. The van der Waals surface area contributed by atoms with Gasteiger partial charge in [-0.05, 0) is 19.8 Å². The van der Waals surface area contributed by atoms with Crippen molar-refractivity contribution in [2.45, 2.75) is 32.4 Å². The van der Waals surface area contributed by atoms with Gasteiger partial charge in [-0.2, -0.15) is 0 Å². The highest BCUT2D eigenvalue weighted by Crippen LogP contribution is 2.25. The third kappa shape index (κ3) is 5.90. The van der Waals surface area contributed by atoms with Gasteiger partial charge in [0.1, 0.15) is 5.01 Å². The SMILES string of the molecule is CN=C(NCCN(CCOC)C1CC1)NCc1ncc(C)s1. The molecule has 2 N–H and O–H groups in total. The fourth-order valence-electron chi connectivity index (χ4n) is 2.31. The van der Waals surface area contributed by atoms with E-state index in [2.05, 4.69) is 32.4 Å². The number of hydrogen-bond acceptors (Lipinski definition) is 5. The number of ether oxygens (including phenoxy) is 1. The Morgan fingerprint density at radius 3 is 2.86 bits per heavy atom. The van der Waals surface area contributed by atoms with Crippen LogP contribution in [0, 0.1) is 6.92 Å². The van der Waals surface area contributed by atoms with Crippen molar-refractivity contribution in [2.24, 2.45) is 4.99 Å². The van der Waals surface area contributed by atoms with Gasteiger partial charge in [-0.3, -0.25) is 9.89 Å². The van der Waals surface area contributed by atoms with E-state index in [1.54, 1.807) is 25.5 Å². The lowest BCUT2D eigenvalue weighted by Crippen LogP contribution is -2.42. The maximum Gasteiger partial charge on any atom is 0.191 e. The van der Waals surface area contributed by atoms with E-state index in [4.69, 9.17) is 4.74 Å². The summed E-state index contributed by atoms with van der Waals surface area (Å²) in [6, 6.07) is 0.755. The van der Waals surface area contributed by atoms with E-state index in [1.807, 2.05) is 6.20 Å². The van der Waals surface area contributed by atoms with Crippen molar-refractivity contribution in [1.82, 2.24) is 20.5 Å². The summed E-state index contributed by atoms with van der Waals surface area (Å²) in [4.78, 5) is 12.3. The third-order valence-corrected chi connectivity index (χ3v) is 4.55. The molecule has 1 saturated carbocycles. The summed E-state index contributed by atoms with van der Waals surface area (Å²) in [6.45, 7) is 6.50. The van der Waals surface area contributed by atoms with Gasteiger partial charge in [0.05, 0.1) is 13.2 Å². The Bertz CT molecular complexity index is 472. The Morgan fingerprint density at radius 2 is 2.27 bits per heavy atom. The summed E-state index contributed by atoms with van der Waals surface area (Å²) in [5.41, 5.74) is 0. The second-order valence-corrected chi connectivity index (χ2v) is 6.80. The van der Waals surface area contributed by atoms with Crippen LogP contribution >= 0.6 is 11.3 Å². The van der Waals surface area contributed by atoms with Crippen LogP contribution in [0.4, 0.5) is 0 Å². The summed E-state index contributed by atoms with van der Waals surface area (Å²) in [5.74, 6) is 0.829. The molecule has 0 radical (unpaired) electrons. The molecule has 1 fully saturated rings. The molecule has 0 aliphatic heterocycles. The number of aryl methyl sites for hydroxylation is 1. The summed E-state index contributed by atoms with van der Waals surface area (Å²) in [7, 11) is 3.56. The molecule has 22 heavy (non-hydrogen) atoms. The standard InChI is InChI=1S/C15H27N5OS/c1-12-10-18-14(22-12)11-19-15(16-2)17-6-7-20(8-9-21-3)13-4-5-13/h10,13H,4-9,11H2,1-3H3,(H2,16,17,19). The number of guanidine groups is 1. The van der Waals surface area contributed by atoms with Gasteiger partial charge < -0.3 is 15.4 Å². The maximum atomic E-state index is 5.18. The molecule has 0 aromatic carbocycles. The summed E-state index contributed by atoms with van der Waals surface area (Å²) in [6.07, 6.45) is 4.54. The van der Waals surface area contributed by atoms with Crippen LogP contribution in [0.15, 0.2) is 11.2 Å². The van der Waals surface area contributed by atoms with Crippen molar-refractivity contribution in [3.05, 3.63) is 16.1 Å². The molecule has 0 unspecified atom stereocenters. The average molecular weight is 325 g/mol. The minimum Gasteiger partial charge on any atom is -0.383 e. The second kappa shape index (κ2) is 9.07. The second-order valence-electron chi connectivity index (χ2n) is 5.48. The van der Waals surface area contributed by atoms with Gasteiger partial charge in [0.2, 0.25) is 0 Å². The fourth-order valence-corrected chi connectivity index (χ4v) is 3.03. The van der Waals surface area contributed by atoms with Crippen molar-refractivity contribution in [2.75, 3.05) is 40.4 Å². The number of aliphatic imine (C=N–C) groups is 1. The zero-order chi connectivity index (χ0) is 15.8. The van der Waals surface area contributed by atoms with Crippen LogP contribution < -0.4 is 10.6 Å². The zero-order valence-corrected chi connectivity index (χ0v) is 14.6. The first-order valence-electron chi connectivity index (χ1n) is 7.81. The fraction of sp³-hybridized carbons (Fsp3) is 0.733. The number of aromatic nitrogens is 1. The molecule has 1 aromatic heterocycles. The Morgan fingerprint density at radius 1 is 1.45 bits per heavy atom. The number of nitrogens with one attached hydrogen (secondary N) is 2. The van der Waals surface area contributed by atoms with Gasteiger partial charge in [-0.15, -0.1) is 11.3 Å². The number of methoxy groups -OCH3 is 1. The predicted octanol–water partition coefficient (Wildman–Crippen LogP) is 1.23. The first-order chi connectivity index (χ1) is 10.7. The maximum absolute atomic E-state index is 5.18. The Balaban J connectivity index is 1.66. The molecule has 2 rings (SSSR count). The molecule has 124 valence electrons. The normalized spacial score (nSPS) is 15.4. The van der Waals surface area contributed by atoms with Crippen LogP contribution in [0.1, 0.15) is 22.7 Å². The van der Waals surface area contributed by atoms with Crippen LogP contribution in [0.3, 0.4) is 0 Å². The molecule has 1 aromatic rings. The number of thiazole rings is 1. The molecule has 0 bridgehead atoms. The Labute approximate surface area is 137 Å². The van der Waals surface area contributed by atoms with Gasteiger partial charge in [-0.1, -0.05) is 0 Å². The highest BCUT2D eigenvalue weighted by atomic mass is 32.1. The molecule has 6 nitrogen and oxygen atoms in total. The molecule has 0 amide bonds. The van der Waals surface area contributed by atoms with E-state index in [1.165, 1.54) is 17.7 Å². The van der Waals surface area contributed by atoms with Crippen molar-refractivity contribution in [3.63, 3.8) is 0 Å². The highest BCUT2D eigenvalue weighted by molar-refractivity contribution is 7.11. The molecule has 0 spiro atoms. The summed E-state index contributed by atoms with van der Waals surface area (Å²) >= 11 is 1.71. The van der Waals surface area contributed by atoms with Gasteiger partial charge in [-0.25, -0.2) is 4.98 Å². The van der Waals surface area contributed by atoms with Crippen molar-refractivity contribution in [1.29, 1.82) is 0 Å². The van der Waals surface area contributed by atoms with Crippen molar-refractivity contribution < 1.29 is 4.74 Å². The largest absolute Gasteiger partial charge is 0.383 e. The van der Waals surface area contributed by atoms with Gasteiger partial charge in [0.25, 0.3) is 0 Å². The van der Waals surface area contributed by atoms with E-state index >= 15 is 0 Å².